The van der Waals surface area contributed by atoms with Gasteiger partial charge >= 0.3 is 6.09 Å². The quantitative estimate of drug-likeness (QED) is 0.718. The van der Waals surface area contributed by atoms with E-state index in [1.807, 2.05) is 27.8 Å². The van der Waals surface area contributed by atoms with E-state index >= 15 is 0 Å². The predicted octanol–water partition coefficient (Wildman–Crippen LogP) is 2.17. The van der Waals surface area contributed by atoms with Gasteiger partial charge in [-0.1, -0.05) is 13.8 Å². The van der Waals surface area contributed by atoms with Gasteiger partial charge in [0.05, 0.1) is 6.54 Å². The van der Waals surface area contributed by atoms with Gasteiger partial charge in [0.15, 0.2) is 5.69 Å². The normalized spacial score (nSPS) is 14.2. The predicted molar refractivity (Wildman–Crippen MR) is 108 cm³/mol. The van der Waals surface area contributed by atoms with Crippen molar-refractivity contribution in [3.8, 4) is 0 Å². The van der Waals surface area contributed by atoms with Crippen LogP contribution in [0.5, 0.6) is 0 Å². The number of hydrogen-bond donors (Lipinski definition) is 1. The van der Waals surface area contributed by atoms with Crippen molar-refractivity contribution in [3.05, 3.63) is 17.0 Å². The number of rotatable bonds is 7. The zero-order chi connectivity index (χ0) is 20.9. The van der Waals surface area contributed by atoms with Crippen molar-refractivity contribution in [2.45, 2.75) is 59.6 Å². The number of nitrogens with one attached hydrogen (secondary N) is 1. The Labute approximate surface area is 168 Å². The highest BCUT2D eigenvalue weighted by atomic mass is 16.6. The lowest BCUT2D eigenvalue weighted by atomic mass is 10.0. The third-order valence-corrected chi connectivity index (χ3v) is 4.94. The Kier molecular flexibility index (Phi) is 7.46. The lowest BCUT2D eigenvalue weighted by Gasteiger charge is -2.30. The second-order valence-corrected chi connectivity index (χ2v) is 8.19. The van der Waals surface area contributed by atoms with Crippen LogP contribution in [0.2, 0.25) is 0 Å². The maximum absolute atomic E-state index is 12.7. The number of carbonyl (C=O) groups is 2. The summed E-state index contributed by atoms with van der Waals surface area (Å²) in [6.07, 6.45) is 1.20. The molecule has 28 heavy (non-hydrogen) atoms. The smallest absolute Gasteiger partial charge is 0.410 e. The molecule has 0 spiro atoms. The number of ether oxygens (including phenoxy) is 1. The van der Waals surface area contributed by atoms with E-state index in [-0.39, 0.29) is 12.0 Å². The van der Waals surface area contributed by atoms with Gasteiger partial charge in [-0.05, 0) is 46.8 Å². The van der Waals surface area contributed by atoms with E-state index in [4.69, 9.17) is 4.74 Å². The van der Waals surface area contributed by atoms with E-state index in [0.717, 1.165) is 37.3 Å². The molecule has 0 bridgehead atoms. The zero-order valence-corrected chi connectivity index (χ0v) is 18.2. The first-order valence-corrected chi connectivity index (χ1v) is 10.2. The molecule has 0 aromatic carbocycles. The molecule has 0 unspecified atom stereocenters. The Morgan fingerprint density at radius 2 is 1.93 bits per heavy atom. The van der Waals surface area contributed by atoms with Crippen LogP contribution < -0.4 is 5.32 Å². The highest BCUT2D eigenvalue weighted by molar-refractivity contribution is 5.94. The minimum absolute atomic E-state index is 0.178. The van der Waals surface area contributed by atoms with E-state index in [1.165, 1.54) is 0 Å². The molecule has 0 saturated carbocycles. The molecule has 8 nitrogen and oxygen atoms in total. The Balaban J connectivity index is 2.00. The first-order chi connectivity index (χ1) is 13.2. The highest BCUT2D eigenvalue weighted by Gasteiger charge is 2.31. The van der Waals surface area contributed by atoms with Crippen LogP contribution in [0.3, 0.4) is 0 Å². The topological polar surface area (TPSA) is 79.7 Å². The zero-order valence-electron chi connectivity index (χ0n) is 18.2. The van der Waals surface area contributed by atoms with Gasteiger partial charge in [0, 0.05) is 37.8 Å². The highest BCUT2D eigenvalue weighted by Crippen LogP contribution is 2.23. The van der Waals surface area contributed by atoms with Crippen LogP contribution in [-0.4, -0.2) is 69.9 Å². The van der Waals surface area contributed by atoms with Crippen LogP contribution in [0, 0.1) is 0 Å². The molecule has 1 aliphatic rings. The van der Waals surface area contributed by atoms with Crippen molar-refractivity contribution in [1.82, 2.24) is 24.9 Å². The second kappa shape index (κ2) is 9.41. The summed E-state index contributed by atoms with van der Waals surface area (Å²) in [5.41, 5.74) is 1.69. The van der Waals surface area contributed by atoms with E-state index < -0.39 is 5.60 Å². The monoisotopic (exact) mass is 393 g/mol. The summed E-state index contributed by atoms with van der Waals surface area (Å²) in [4.78, 5) is 29.1. The standard InChI is InChI=1S/C20H35N5O3/c1-7-24(8-2)12-9-11-21-18(26)17-15-14-25(19(27)28-20(3,4)5)13-10-16(15)23(6)22-17/h7-14H2,1-6H3,(H,21,26). The molecule has 2 rings (SSSR count). The van der Waals surface area contributed by atoms with Crippen molar-refractivity contribution in [2.24, 2.45) is 7.05 Å². The Hall–Kier alpha value is -2.09. The van der Waals surface area contributed by atoms with Gasteiger partial charge in [-0.3, -0.25) is 9.48 Å². The Morgan fingerprint density at radius 1 is 1.25 bits per heavy atom. The van der Waals surface area contributed by atoms with Crippen molar-refractivity contribution in [3.63, 3.8) is 0 Å². The van der Waals surface area contributed by atoms with E-state index in [9.17, 15) is 9.59 Å². The summed E-state index contributed by atoms with van der Waals surface area (Å²) in [6, 6.07) is 0. The average Bonchev–Trinajstić information content (AvgIpc) is 2.96. The minimum atomic E-state index is -0.544. The van der Waals surface area contributed by atoms with Crippen molar-refractivity contribution in [2.75, 3.05) is 32.7 Å². The van der Waals surface area contributed by atoms with Crippen LogP contribution in [0.15, 0.2) is 0 Å². The third-order valence-electron chi connectivity index (χ3n) is 4.94. The first kappa shape index (κ1) is 22.2. The summed E-state index contributed by atoms with van der Waals surface area (Å²) in [7, 11) is 1.85. The van der Waals surface area contributed by atoms with Gasteiger partial charge in [-0.2, -0.15) is 5.10 Å². The molecule has 0 radical (unpaired) electrons. The van der Waals surface area contributed by atoms with Crippen molar-refractivity contribution >= 4 is 12.0 Å². The van der Waals surface area contributed by atoms with Gasteiger partial charge in [0.2, 0.25) is 0 Å². The fourth-order valence-corrected chi connectivity index (χ4v) is 3.39. The molecule has 8 heteroatoms. The molecule has 2 amide bonds. The fourth-order valence-electron chi connectivity index (χ4n) is 3.39. The van der Waals surface area contributed by atoms with Crippen LogP contribution in [0.4, 0.5) is 4.79 Å². The maximum Gasteiger partial charge on any atom is 0.410 e. The van der Waals surface area contributed by atoms with Crippen LogP contribution in [-0.2, 0) is 24.8 Å². The molecule has 1 aromatic rings. The third kappa shape index (κ3) is 5.70. The Morgan fingerprint density at radius 3 is 2.54 bits per heavy atom. The number of hydrogen-bond acceptors (Lipinski definition) is 5. The van der Waals surface area contributed by atoms with Gasteiger partial charge in [-0.25, -0.2) is 4.79 Å². The molecule has 0 fully saturated rings. The number of fused-ring (bicyclic) bond motifs is 1. The van der Waals surface area contributed by atoms with Crippen LogP contribution >= 0.6 is 0 Å². The second-order valence-electron chi connectivity index (χ2n) is 8.19. The largest absolute Gasteiger partial charge is 0.444 e. The van der Waals surface area contributed by atoms with Crippen molar-refractivity contribution in [1.29, 1.82) is 0 Å². The fraction of sp³-hybridized carbons (Fsp3) is 0.750. The van der Waals surface area contributed by atoms with Gasteiger partial charge < -0.3 is 19.9 Å². The number of aromatic nitrogens is 2. The number of aryl methyl sites for hydroxylation is 1. The van der Waals surface area contributed by atoms with E-state index in [2.05, 4.69) is 29.2 Å². The van der Waals surface area contributed by atoms with Gasteiger partial charge in [0.25, 0.3) is 5.91 Å². The molecule has 0 aliphatic carbocycles. The maximum atomic E-state index is 12.7. The summed E-state index contributed by atoms with van der Waals surface area (Å²) < 4.78 is 7.23. The van der Waals surface area contributed by atoms with Gasteiger partial charge in [0.1, 0.15) is 5.60 Å². The number of amides is 2. The van der Waals surface area contributed by atoms with Crippen LogP contribution in [0.1, 0.15) is 62.8 Å². The molecule has 1 aromatic heterocycles. The molecular formula is C20H35N5O3. The molecule has 0 saturated heterocycles. The first-order valence-electron chi connectivity index (χ1n) is 10.2. The summed E-state index contributed by atoms with van der Waals surface area (Å²) in [5.74, 6) is -0.178. The minimum Gasteiger partial charge on any atom is -0.444 e. The molecule has 2 heterocycles. The number of carbonyl (C=O) groups excluding carboxylic acids is 2. The number of nitrogens with zero attached hydrogens (tertiary/aromatic N) is 4. The lowest BCUT2D eigenvalue weighted by Crippen LogP contribution is -2.40. The SMILES string of the molecule is CCN(CC)CCCNC(=O)c1nn(C)c2c1CN(C(=O)OC(C)(C)C)CC2. The van der Waals surface area contributed by atoms with Crippen LogP contribution in [0.25, 0.3) is 0 Å². The molecular weight excluding hydrogens is 358 g/mol. The lowest BCUT2D eigenvalue weighted by molar-refractivity contribution is 0.0221. The molecule has 1 N–H and O–H groups in total. The van der Waals surface area contributed by atoms with Crippen molar-refractivity contribution < 1.29 is 14.3 Å². The van der Waals surface area contributed by atoms with Gasteiger partial charge in [-0.15, -0.1) is 0 Å². The summed E-state index contributed by atoms with van der Waals surface area (Å²) in [5, 5.41) is 7.39. The molecule has 1 aliphatic heterocycles. The van der Waals surface area contributed by atoms with E-state index in [0.29, 0.717) is 31.7 Å². The van der Waals surface area contributed by atoms with E-state index in [1.54, 1.807) is 9.58 Å². The average molecular weight is 394 g/mol. The molecule has 0 atom stereocenters. The summed E-state index contributed by atoms with van der Waals surface area (Å²) in [6.45, 7) is 14.3. The Bertz CT molecular complexity index is 689. The summed E-state index contributed by atoms with van der Waals surface area (Å²) >= 11 is 0. The molecule has 158 valence electrons.